The second kappa shape index (κ2) is 7.47. The fraction of sp³-hybridized carbons (Fsp3) is 0.286. The number of aryl methyl sites for hydroxylation is 1. The van der Waals surface area contributed by atoms with E-state index in [0.29, 0.717) is 0 Å². The number of unbranched alkanes of at least 4 members (excludes halogenated alkanes) is 2. The zero-order valence-electron chi connectivity index (χ0n) is 8.95. The van der Waals surface area contributed by atoms with Gasteiger partial charge >= 0.3 is 0 Å². The minimum absolute atomic E-state index is 1.15. The van der Waals surface area contributed by atoms with Crippen molar-refractivity contribution in [1.29, 1.82) is 0 Å². The highest BCUT2D eigenvalue weighted by atomic mass is 79.9. The summed E-state index contributed by atoms with van der Waals surface area (Å²) in [5.74, 6) is 0. The van der Waals surface area contributed by atoms with Crippen molar-refractivity contribution in [3.8, 4) is 0 Å². The van der Waals surface area contributed by atoms with Crippen molar-refractivity contribution in [3.63, 3.8) is 0 Å². The van der Waals surface area contributed by atoms with Crippen molar-refractivity contribution in [2.45, 2.75) is 25.7 Å². The van der Waals surface area contributed by atoms with Gasteiger partial charge in [0.1, 0.15) is 0 Å². The van der Waals surface area contributed by atoms with Gasteiger partial charge in [0.05, 0.1) is 0 Å². The monoisotopic (exact) mass is 264 g/mol. The molecule has 1 aromatic carbocycles. The number of rotatable bonds is 6. The lowest BCUT2D eigenvalue weighted by Crippen LogP contribution is -1.84. The molecule has 0 aliphatic carbocycles. The highest BCUT2D eigenvalue weighted by molar-refractivity contribution is 9.10. The van der Waals surface area contributed by atoms with Crippen LogP contribution < -0.4 is 0 Å². The summed E-state index contributed by atoms with van der Waals surface area (Å²) in [6.45, 7) is 3.64. The number of hydrogen-bond acceptors (Lipinski definition) is 0. The first-order valence-electron chi connectivity index (χ1n) is 5.35. The van der Waals surface area contributed by atoms with Crippen LogP contribution in [0.1, 0.15) is 24.8 Å². The molecule has 0 saturated heterocycles. The highest BCUT2D eigenvalue weighted by Crippen LogP contribution is 2.12. The molecule has 15 heavy (non-hydrogen) atoms. The minimum Gasteiger partial charge on any atom is -0.0991 e. The molecule has 1 aromatic rings. The molecule has 0 N–H and O–H groups in total. The van der Waals surface area contributed by atoms with Gasteiger partial charge in [-0.3, -0.25) is 0 Å². The molecule has 0 amide bonds. The van der Waals surface area contributed by atoms with Gasteiger partial charge in [0.25, 0.3) is 0 Å². The van der Waals surface area contributed by atoms with Gasteiger partial charge in [-0.2, -0.15) is 0 Å². The van der Waals surface area contributed by atoms with Gasteiger partial charge in [-0.05, 0) is 43.4 Å². The molecule has 0 nitrogen and oxygen atoms in total. The standard InChI is InChI=1S/C14H17Br/c1-2-3-4-5-6-7-8-13-9-11-14(15)12-10-13/h2-4,9-12H,1,5-8H2/b4-3+. The number of allylic oxidation sites excluding steroid dienone is 3. The predicted octanol–water partition coefficient (Wildman–Crippen LogP) is 4.90. The Kier molecular flexibility index (Phi) is 6.10. The molecule has 0 aliphatic heterocycles. The molecule has 0 saturated carbocycles. The molecule has 0 heterocycles. The summed E-state index contributed by atoms with van der Waals surface area (Å²) < 4.78 is 1.15. The Balaban J connectivity index is 2.17. The quantitative estimate of drug-likeness (QED) is 0.506. The summed E-state index contributed by atoms with van der Waals surface area (Å²) >= 11 is 3.44. The fourth-order valence-corrected chi connectivity index (χ4v) is 1.70. The van der Waals surface area contributed by atoms with Gasteiger partial charge < -0.3 is 0 Å². The molecule has 0 aliphatic rings. The van der Waals surface area contributed by atoms with Crippen LogP contribution in [0.5, 0.6) is 0 Å². The van der Waals surface area contributed by atoms with E-state index in [1.807, 2.05) is 12.2 Å². The van der Waals surface area contributed by atoms with Crippen molar-refractivity contribution in [3.05, 3.63) is 59.1 Å². The van der Waals surface area contributed by atoms with Crippen LogP contribution in [0.3, 0.4) is 0 Å². The minimum atomic E-state index is 1.15. The van der Waals surface area contributed by atoms with Gasteiger partial charge in [0, 0.05) is 4.47 Å². The molecule has 0 bridgehead atoms. The van der Waals surface area contributed by atoms with Crippen LogP contribution in [0.2, 0.25) is 0 Å². The Morgan fingerprint density at radius 2 is 1.87 bits per heavy atom. The normalized spacial score (nSPS) is 10.7. The lowest BCUT2D eigenvalue weighted by Gasteiger charge is -2.00. The van der Waals surface area contributed by atoms with Crippen LogP contribution in [-0.4, -0.2) is 0 Å². The third-order valence-corrected chi connectivity index (χ3v) is 2.80. The Hall–Kier alpha value is -0.820. The third kappa shape index (κ3) is 5.58. The smallest absolute Gasteiger partial charge is 0.0175 e. The Morgan fingerprint density at radius 3 is 2.53 bits per heavy atom. The summed E-state index contributed by atoms with van der Waals surface area (Å²) in [5.41, 5.74) is 1.42. The summed E-state index contributed by atoms with van der Waals surface area (Å²) in [6, 6.07) is 8.58. The van der Waals surface area contributed by atoms with E-state index in [4.69, 9.17) is 0 Å². The summed E-state index contributed by atoms with van der Waals surface area (Å²) in [7, 11) is 0. The Bertz CT molecular complexity index is 309. The molecule has 0 spiro atoms. The van der Waals surface area contributed by atoms with E-state index < -0.39 is 0 Å². The SMILES string of the molecule is C=C/C=C/CCCCc1ccc(Br)cc1. The molecule has 1 heteroatoms. The van der Waals surface area contributed by atoms with Crippen LogP contribution in [0, 0.1) is 0 Å². The maximum absolute atomic E-state index is 3.64. The van der Waals surface area contributed by atoms with Crippen molar-refractivity contribution in [2.24, 2.45) is 0 Å². The third-order valence-electron chi connectivity index (χ3n) is 2.27. The maximum atomic E-state index is 3.64. The van der Waals surface area contributed by atoms with Crippen molar-refractivity contribution >= 4 is 15.9 Å². The first-order chi connectivity index (χ1) is 7.33. The average Bonchev–Trinajstić information content (AvgIpc) is 2.26. The van der Waals surface area contributed by atoms with Gasteiger partial charge in [-0.15, -0.1) is 0 Å². The maximum Gasteiger partial charge on any atom is 0.0175 e. The topological polar surface area (TPSA) is 0 Å². The molecular weight excluding hydrogens is 248 g/mol. The van der Waals surface area contributed by atoms with Crippen LogP contribution >= 0.6 is 15.9 Å². The molecule has 0 unspecified atom stereocenters. The van der Waals surface area contributed by atoms with Gasteiger partial charge in [0.2, 0.25) is 0 Å². The molecule has 0 atom stereocenters. The second-order valence-corrected chi connectivity index (χ2v) is 4.45. The number of halogens is 1. The lowest BCUT2D eigenvalue weighted by molar-refractivity contribution is 0.747. The van der Waals surface area contributed by atoms with Crippen LogP contribution in [0.4, 0.5) is 0 Å². The summed E-state index contributed by atoms with van der Waals surface area (Å²) in [5, 5.41) is 0. The first-order valence-corrected chi connectivity index (χ1v) is 6.14. The van der Waals surface area contributed by atoms with Gasteiger partial charge in [0.15, 0.2) is 0 Å². The van der Waals surface area contributed by atoms with E-state index in [1.165, 1.54) is 24.8 Å². The molecule has 1 rings (SSSR count). The molecular formula is C14H17Br. The average molecular weight is 265 g/mol. The van der Waals surface area contributed by atoms with Gasteiger partial charge in [-0.25, -0.2) is 0 Å². The molecule has 80 valence electrons. The predicted molar refractivity (Wildman–Crippen MR) is 71.0 cm³/mol. The fourth-order valence-electron chi connectivity index (χ4n) is 1.43. The van der Waals surface area contributed by atoms with E-state index >= 15 is 0 Å². The molecule has 0 fully saturated rings. The van der Waals surface area contributed by atoms with Crippen molar-refractivity contribution in [2.75, 3.05) is 0 Å². The highest BCUT2D eigenvalue weighted by Gasteiger charge is 1.92. The first kappa shape index (κ1) is 12.3. The van der Waals surface area contributed by atoms with Crippen molar-refractivity contribution in [1.82, 2.24) is 0 Å². The van der Waals surface area contributed by atoms with Crippen LogP contribution in [-0.2, 0) is 6.42 Å². The zero-order valence-corrected chi connectivity index (χ0v) is 10.5. The van der Waals surface area contributed by atoms with Crippen LogP contribution in [0.25, 0.3) is 0 Å². The largest absolute Gasteiger partial charge is 0.0991 e. The van der Waals surface area contributed by atoms with Gasteiger partial charge in [-0.1, -0.05) is 52.9 Å². The Labute approximate surface area is 101 Å². The zero-order chi connectivity index (χ0) is 10.9. The van der Waals surface area contributed by atoms with E-state index in [2.05, 4.69) is 52.9 Å². The van der Waals surface area contributed by atoms with E-state index in [1.54, 1.807) is 0 Å². The second-order valence-electron chi connectivity index (χ2n) is 3.54. The van der Waals surface area contributed by atoms with Crippen LogP contribution in [0.15, 0.2) is 53.5 Å². The van der Waals surface area contributed by atoms with E-state index in [0.717, 1.165) is 10.9 Å². The van der Waals surface area contributed by atoms with E-state index in [9.17, 15) is 0 Å². The Morgan fingerprint density at radius 1 is 1.13 bits per heavy atom. The lowest BCUT2D eigenvalue weighted by atomic mass is 10.1. The van der Waals surface area contributed by atoms with E-state index in [-0.39, 0.29) is 0 Å². The molecule has 0 radical (unpaired) electrons. The molecule has 0 aromatic heterocycles. The summed E-state index contributed by atoms with van der Waals surface area (Å²) in [4.78, 5) is 0. The number of hydrogen-bond donors (Lipinski definition) is 0. The van der Waals surface area contributed by atoms with Crippen molar-refractivity contribution < 1.29 is 0 Å². The number of benzene rings is 1. The summed E-state index contributed by atoms with van der Waals surface area (Å²) in [6.07, 6.45) is 10.9.